The maximum absolute atomic E-state index is 14.2. The molecule has 21 heavy (non-hydrogen) atoms. The van der Waals surface area contributed by atoms with E-state index in [-0.39, 0.29) is 16.1 Å². The second-order valence-corrected chi connectivity index (χ2v) is 7.56. The summed E-state index contributed by atoms with van der Waals surface area (Å²) in [6.45, 7) is 0. The number of nitrogens with two attached hydrogens (primary N) is 1. The SMILES string of the molecule is NS(=O)(=O)c1cc(Br)cc(C(=O)NC2CCCCC2)c1F. The average molecular weight is 379 g/mol. The highest BCUT2D eigenvalue weighted by Crippen LogP contribution is 2.24. The fourth-order valence-electron chi connectivity index (χ4n) is 2.45. The molecule has 1 amide bonds. The number of carbonyl (C=O) groups is 1. The molecule has 0 radical (unpaired) electrons. The van der Waals surface area contributed by atoms with Gasteiger partial charge in [-0.15, -0.1) is 0 Å². The molecular formula is C13H16BrFN2O3S. The van der Waals surface area contributed by atoms with Crippen molar-refractivity contribution in [2.75, 3.05) is 0 Å². The number of nitrogens with one attached hydrogen (secondary N) is 1. The van der Waals surface area contributed by atoms with Gasteiger partial charge in [0.1, 0.15) is 4.90 Å². The molecule has 116 valence electrons. The van der Waals surface area contributed by atoms with E-state index in [1.807, 2.05) is 0 Å². The zero-order chi connectivity index (χ0) is 15.6. The Balaban J connectivity index is 2.30. The number of primary sulfonamides is 1. The number of benzene rings is 1. The Hall–Kier alpha value is -0.990. The smallest absolute Gasteiger partial charge is 0.254 e. The van der Waals surface area contributed by atoms with E-state index in [2.05, 4.69) is 21.2 Å². The van der Waals surface area contributed by atoms with Crippen molar-refractivity contribution in [2.45, 2.75) is 43.0 Å². The number of hydrogen-bond donors (Lipinski definition) is 2. The lowest BCUT2D eigenvalue weighted by atomic mass is 9.95. The maximum atomic E-state index is 14.2. The van der Waals surface area contributed by atoms with Crippen LogP contribution in [-0.4, -0.2) is 20.4 Å². The molecule has 3 N–H and O–H groups in total. The van der Waals surface area contributed by atoms with Gasteiger partial charge < -0.3 is 5.32 Å². The fourth-order valence-corrected chi connectivity index (χ4v) is 3.71. The van der Waals surface area contributed by atoms with Crippen molar-refractivity contribution in [3.05, 3.63) is 28.0 Å². The highest BCUT2D eigenvalue weighted by Gasteiger charge is 2.24. The summed E-state index contributed by atoms with van der Waals surface area (Å²) in [4.78, 5) is 11.5. The van der Waals surface area contributed by atoms with Crippen molar-refractivity contribution in [3.63, 3.8) is 0 Å². The Morgan fingerprint density at radius 1 is 1.29 bits per heavy atom. The molecule has 1 fully saturated rings. The molecule has 1 aliphatic carbocycles. The van der Waals surface area contributed by atoms with Crippen LogP contribution >= 0.6 is 15.9 Å². The van der Waals surface area contributed by atoms with Crippen molar-refractivity contribution >= 4 is 31.9 Å². The summed E-state index contributed by atoms with van der Waals surface area (Å²) >= 11 is 3.07. The molecule has 0 bridgehead atoms. The summed E-state index contributed by atoms with van der Waals surface area (Å²) < 4.78 is 37.2. The van der Waals surface area contributed by atoms with Crippen molar-refractivity contribution in [3.8, 4) is 0 Å². The lowest BCUT2D eigenvalue weighted by Gasteiger charge is -2.23. The molecule has 0 aromatic heterocycles. The third kappa shape index (κ3) is 4.02. The van der Waals surface area contributed by atoms with Gasteiger partial charge in [0.25, 0.3) is 5.91 Å². The summed E-state index contributed by atoms with van der Waals surface area (Å²) in [6.07, 6.45) is 4.88. The third-order valence-electron chi connectivity index (χ3n) is 3.50. The predicted octanol–water partition coefficient (Wildman–Crippen LogP) is 2.30. The normalized spacial score (nSPS) is 16.7. The van der Waals surface area contributed by atoms with Gasteiger partial charge >= 0.3 is 0 Å². The van der Waals surface area contributed by atoms with Crippen LogP contribution in [0, 0.1) is 5.82 Å². The summed E-state index contributed by atoms with van der Waals surface area (Å²) in [5, 5.41) is 7.71. The molecule has 1 aliphatic rings. The Kier molecular flexibility index (Phi) is 5.00. The van der Waals surface area contributed by atoms with Crippen molar-refractivity contribution < 1.29 is 17.6 Å². The van der Waals surface area contributed by atoms with Crippen LogP contribution in [0.15, 0.2) is 21.5 Å². The van der Waals surface area contributed by atoms with Crippen molar-refractivity contribution in [1.82, 2.24) is 5.32 Å². The Labute approximate surface area is 131 Å². The van der Waals surface area contributed by atoms with Gasteiger partial charge in [-0.05, 0) is 25.0 Å². The second-order valence-electron chi connectivity index (χ2n) is 5.12. The molecule has 0 unspecified atom stereocenters. The topological polar surface area (TPSA) is 89.3 Å². The van der Waals surface area contributed by atoms with Crippen LogP contribution in [0.2, 0.25) is 0 Å². The number of amides is 1. The predicted molar refractivity (Wildman–Crippen MR) is 79.8 cm³/mol. The lowest BCUT2D eigenvalue weighted by Crippen LogP contribution is -2.36. The number of hydrogen-bond acceptors (Lipinski definition) is 3. The van der Waals surface area contributed by atoms with Gasteiger partial charge in [0.2, 0.25) is 10.0 Å². The van der Waals surface area contributed by atoms with Gasteiger partial charge in [0.05, 0.1) is 5.56 Å². The molecule has 1 aromatic rings. The summed E-state index contributed by atoms with van der Waals surface area (Å²) in [7, 11) is -4.23. The molecule has 8 heteroatoms. The van der Waals surface area contributed by atoms with Crippen LogP contribution in [-0.2, 0) is 10.0 Å². The minimum Gasteiger partial charge on any atom is -0.349 e. The highest BCUT2D eigenvalue weighted by atomic mass is 79.9. The van der Waals surface area contributed by atoms with E-state index >= 15 is 0 Å². The van der Waals surface area contributed by atoms with Gasteiger partial charge in [0, 0.05) is 10.5 Å². The van der Waals surface area contributed by atoms with Crippen LogP contribution < -0.4 is 10.5 Å². The van der Waals surface area contributed by atoms with Crippen LogP contribution in [0.1, 0.15) is 42.5 Å². The number of rotatable bonds is 3. The summed E-state index contributed by atoms with van der Waals surface area (Å²) in [5.74, 6) is -1.74. The molecular weight excluding hydrogens is 363 g/mol. The van der Waals surface area contributed by atoms with E-state index in [0.29, 0.717) is 0 Å². The first-order valence-electron chi connectivity index (χ1n) is 6.62. The number of halogens is 2. The quantitative estimate of drug-likeness (QED) is 0.845. The van der Waals surface area contributed by atoms with Crippen LogP contribution in [0.3, 0.4) is 0 Å². The van der Waals surface area contributed by atoms with Gasteiger partial charge in [-0.1, -0.05) is 35.2 Å². The molecule has 0 atom stereocenters. The zero-order valence-electron chi connectivity index (χ0n) is 11.2. The highest BCUT2D eigenvalue weighted by molar-refractivity contribution is 9.10. The average Bonchev–Trinajstić information content (AvgIpc) is 2.40. The fraction of sp³-hybridized carbons (Fsp3) is 0.462. The number of sulfonamides is 1. The van der Waals surface area contributed by atoms with Crippen LogP contribution in [0.25, 0.3) is 0 Å². The van der Waals surface area contributed by atoms with Gasteiger partial charge in [-0.3, -0.25) is 4.79 Å². The first-order valence-corrected chi connectivity index (χ1v) is 8.95. The van der Waals surface area contributed by atoms with E-state index in [1.54, 1.807) is 0 Å². The van der Waals surface area contributed by atoms with E-state index in [4.69, 9.17) is 5.14 Å². The summed E-state index contributed by atoms with van der Waals surface area (Å²) in [5.41, 5.74) is -0.320. The number of carbonyl (C=O) groups excluding carboxylic acids is 1. The molecule has 2 rings (SSSR count). The second kappa shape index (κ2) is 6.41. The van der Waals surface area contributed by atoms with Crippen LogP contribution in [0.5, 0.6) is 0 Å². The van der Waals surface area contributed by atoms with Crippen LogP contribution in [0.4, 0.5) is 4.39 Å². The maximum Gasteiger partial charge on any atom is 0.254 e. The molecule has 5 nitrogen and oxygen atoms in total. The molecule has 0 spiro atoms. The molecule has 1 aromatic carbocycles. The van der Waals surface area contributed by atoms with Gasteiger partial charge in [-0.2, -0.15) is 0 Å². The zero-order valence-corrected chi connectivity index (χ0v) is 13.6. The molecule has 1 saturated carbocycles. The van der Waals surface area contributed by atoms with E-state index in [1.165, 1.54) is 6.07 Å². The van der Waals surface area contributed by atoms with Gasteiger partial charge in [-0.25, -0.2) is 17.9 Å². The lowest BCUT2D eigenvalue weighted by molar-refractivity contribution is 0.0923. The Morgan fingerprint density at radius 2 is 1.90 bits per heavy atom. The van der Waals surface area contributed by atoms with Crippen molar-refractivity contribution in [1.29, 1.82) is 0 Å². The Bertz CT molecular complexity index is 658. The monoisotopic (exact) mass is 378 g/mol. The van der Waals surface area contributed by atoms with Gasteiger partial charge in [0.15, 0.2) is 5.82 Å². The molecule has 0 heterocycles. The minimum absolute atomic E-state index is 0.00238. The Morgan fingerprint density at radius 3 is 2.48 bits per heavy atom. The first kappa shape index (κ1) is 16.4. The standard InChI is InChI=1S/C13H16BrFN2O3S/c14-8-6-10(12(15)11(7-8)21(16,19)20)13(18)17-9-4-2-1-3-5-9/h6-7,9H,1-5H2,(H,17,18)(H2,16,19,20). The van der Waals surface area contributed by atoms with E-state index < -0.39 is 26.6 Å². The minimum atomic E-state index is -4.23. The van der Waals surface area contributed by atoms with E-state index in [9.17, 15) is 17.6 Å². The first-order chi connectivity index (χ1) is 9.79. The molecule has 0 aliphatic heterocycles. The largest absolute Gasteiger partial charge is 0.349 e. The van der Waals surface area contributed by atoms with Crippen molar-refractivity contribution in [2.24, 2.45) is 5.14 Å². The van der Waals surface area contributed by atoms with E-state index in [0.717, 1.165) is 38.2 Å². The summed E-state index contributed by atoms with van der Waals surface area (Å²) in [6, 6.07) is 2.30. The molecule has 0 saturated heterocycles. The third-order valence-corrected chi connectivity index (χ3v) is 4.86.